The summed E-state index contributed by atoms with van der Waals surface area (Å²) in [5.74, 6) is 0.725. The lowest BCUT2D eigenvalue weighted by Gasteiger charge is -2.36. The smallest absolute Gasteiger partial charge is 0.235 e. The lowest BCUT2D eigenvalue weighted by molar-refractivity contribution is -0.127. The molecule has 55 heavy (non-hydrogen) atoms. The Morgan fingerprint density at radius 1 is 0.636 bits per heavy atom. The van der Waals surface area contributed by atoms with Crippen LogP contribution in [-0.4, -0.2) is 61.0 Å². The van der Waals surface area contributed by atoms with Gasteiger partial charge < -0.3 is 9.64 Å². The molecule has 2 aromatic carbocycles. The van der Waals surface area contributed by atoms with E-state index in [4.69, 9.17) is 9.72 Å². The zero-order valence-corrected chi connectivity index (χ0v) is 34.4. The van der Waals surface area contributed by atoms with Crippen LogP contribution in [0.15, 0.2) is 54.6 Å². The molecule has 7 nitrogen and oxygen atoms in total. The number of rotatable bonds is 27. The van der Waals surface area contributed by atoms with Crippen molar-refractivity contribution in [3.63, 3.8) is 0 Å². The molecule has 2 aliphatic rings. The molecule has 1 fully saturated rings. The van der Waals surface area contributed by atoms with Crippen molar-refractivity contribution in [1.82, 2.24) is 9.88 Å². The molecular weight excluding hydrogens is 681 g/mol. The summed E-state index contributed by atoms with van der Waals surface area (Å²) in [6, 6.07) is 19.1. The third-order valence-electron chi connectivity index (χ3n) is 11.8. The zero-order valence-electron chi connectivity index (χ0n) is 34.4. The van der Waals surface area contributed by atoms with E-state index in [0.717, 1.165) is 70.4 Å². The normalized spacial score (nSPS) is 14.8. The van der Waals surface area contributed by atoms with E-state index in [0.29, 0.717) is 37.6 Å². The molecule has 2 aliphatic heterocycles. The molecule has 7 heteroatoms. The highest BCUT2D eigenvalue weighted by Crippen LogP contribution is 2.30. The van der Waals surface area contributed by atoms with Crippen LogP contribution in [0.25, 0.3) is 10.8 Å². The maximum atomic E-state index is 13.3. The monoisotopic (exact) mass is 753 g/mol. The minimum Gasteiger partial charge on any atom is -0.478 e. The molecule has 5 rings (SSSR count). The van der Waals surface area contributed by atoms with Crippen molar-refractivity contribution in [2.75, 3.05) is 49.1 Å². The highest BCUT2D eigenvalue weighted by atomic mass is 16.5. The number of carbonyl (C=O) groups is 2. The number of anilines is 2. The third kappa shape index (κ3) is 14.5. The molecule has 0 N–H and O–H groups in total. The molecule has 3 heterocycles. The summed E-state index contributed by atoms with van der Waals surface area (Å²) in [4.78, 5) is 37.3. The Labute approximate surface area is 333 Å². The quantitative estimate of drug-likeness (QED) is 0.0723. The maximum absolute atomic E-state index is 13.3. The van der Waals surface area contributed by atoms with Gasteiger partial charge in [-0.1, -0.05) is 159 Å². The number of nitrogens with zero attached hydrogens (tertiary/aromatic N) is 4. The van der Waals surface area contributed by atoms with Crippen molar-refractivity contribution in [1.29, 1.82) is 0 Å². The minimum absolute atomic E-state index is 0.122. The number of aromatic nitrogens is 1. The average Bonchev–Trinajstić information content (AvgIpc) is 3.21. The molecule has 1 saturated heterocycles. The topological polar surface area (TPSA) is 66.0 Å². The first kappa shape index (κ1) is 42.7. The first-order chi connectivity index (χ1) is 27.1. The first-order valence-corrected chi connectivity index (χ1v) is 22.6. The van der Waals surface area contributed by atoms with Gasteiger partial charge in [0.15, 0.2) is 0 Å². The third-order valence-corrected chi connectivity index (χ3v) is 11.8. The second-order valence-electron chi connectivity index (χ2n) is 16.3. The van der Waals surface area contributed by atoms with Crippen LogP contribution in [0.3, 0.4) is 0 Å². The van der Waals surface area contributed by atoms with E-state index in [1.165, 1.54) is 124 Å². The van der Waals surface area contributed by atoms with Crippen LogP contribution in [0.2, 0.25) is 0 Å². The summed E-state index contributed by atoms with van der Waals surface area (Å²) < 4.78 is 6.06. The van der Waals surface area contributed by atoms with Crippen LogP contribution in [-0.2, 0) is 16.0 Å². The molecule has 302 valence electrons. The van der Waals surface area contributed by atoms with Gasteiger partial charge in [0.1, 0.15) is 5.82 Å². The lowest BCUT2D eigenvalue weighted by atomic mass is 10.0. The van der Waals surface area contributed by atoms with Gasteiger partial charge in [0.25, 0.3) is 0 Å². The van der Waals surface area contributed by atoms with Gasteiger partial charge in [0.05, 0.1) is 6.61 Å². The van der Waals surface area contributed by atoms with E-state index in [9.17, 15) is 9.59 Å². The van der Waals surface area contributed by atoms with Gasteiger partial charge in [0.2, 0.25) is 17.7 Å². The second kappa shape index (κ2) is 24.9. The Kier molecular flexibility index (Phi) is 19.4. The zero-order chi connectivity index (χ0) is 38.3. The molecule has 3 aromatic rings. The highest BCUT2D eigenvalue weighted by molar-refractivity contribution is 6.15. The minimum atomic E-state index is -0.138. The SMILES string of the molecule is CCCCCCCCCCCCCCCCCCCCCC(=O)N1C(=O)CCc2ccc(OCCCCN3CCN(c4cccc5ccccc45)CC3)nc21. The number of hydrogen-bond acceptors (Lipinski definition) is 6. The number of hydrogen-bond donors (Lipinski definition) is 0. The van der Waals surface area contributed by atoms with E-state index in [2.05, 4.69) is 59.2 Å². The summed E-state index contributed by atoms with van der Waals surface area (Å²) >= 11 is 0. The Morgan fingerprint density at radius 3 is 1.89 bits per heavy atom. The van der Waals surface area contributed by atoms with Crippen LogP contribution < -0.4 is 14.5 Å². The predicted molar refractivity (Wildman–Crippen MR) is 230 cm³/mol. The standard InChI is InChI=1S/C48H72N4O3/c1-2-3-4-5-6-7-8-9-10-11-12-13-14-15-16-17-18-19-20-30-46(53)52-47(54)34-32-42-31-33-45(49-48(42)52)55-40-24-23-35-50-36-38-51(39-37-50)44-29-25-27-41-26-21-22-28-43(41)44/h21-22,25-29,31,33H,2-20,23-24,30,32,34-40H2,1H3. The molecule has 1 aromatic heterocycles. The number of amides is 2. The Balaban J connectivity index is 0.892. The molecule has 0 spiro atoms. The molecular formula is C48H72N4O3. The van der Waals surface area contributed by atoms with Crippen molar-refractivity contribution < 1.29 is 14.3 Å². The van der Waals surface area contributed by atoms with Crippen LogP contribution >= 0.6 is 0 Å². The number of carbonyl (C=O) groups excluding carboxylic acids is 2. The largest absolute Gasteiger partial charge is 0.478 e. The van der Waals surface area contributed by atoms with Crippen molar-refractivity contribution >= 4 is 34.1 Å². The molecule has 0 saturated carbocycles. The fourth-order valence-electron chi connectivity index (χ4n) is 8.43. The molecule has 0 atom stereocenters. The van der Waals surface area contributed by atoms with E-state index >= 15 is 0 Å². The summed E-state index contributed by atoms with van der Waals surface area (Å²) in [5, 5.41) is 2.63. The summed E-state index contributed by atoms with van der Waals surface area (Å²) in [7, 11) is 0. The Bertz CT molecular complexity index is 1550. The van der Waals surface area contributed by atoms with Crippen LogP contribution in [0, 0.1) is 0 Å². The van der Waals surface area contributed by atoms with E-state index < -0.39 is 0 Å². The van der Waals surface area contributed by atoms with Crippen molar-refractivity contribution in [3.8, 4) is 5.88 Å². The van der Waals surface area contributed by atoms with E-state index in [-0.39, 0.29) is 11.8 Å². The molecule has 0 unspecified atom stereocenters. The summed E-state index contributed by atoms with van der Waals surface area (Å²) in [5.41, 5.74) is 2.29. The number of imide groups is 1. The summed E-state index contributed by atoms with van der Waals surface area (Å²) in [6.07, 6.45) is 28.5. The maximum Gasteiger partial charge on any atom is 0.235 e. The molecule has 2 amide bonds. The van der Waals surface area contributed by atoms with Gasteiger partial charge in [0, 0.05) is 56.2 Å². The fraction of sp³-hybridized carbons (Fsp3) is 0.646. The first-order valence-electron chi connectivity index (χ1n) is 22.6. The molecule has 0 bridgehead atoms. The van der Waals surface area contributed by atoms with Crippen LogP contribution in [0.4, 0.5) is 11.5 Å². The number of aryl methyl sites for hydroxylation is 1. The van der Waals surface area contributed by atoms with Gasteiger partial charge in [-0.05, 0) is 55.3 Å². The second-order valence-corrected chi connectivity index (χ2v) is 16.3. The van der Waals surface area contributed by atoms with E-state index in [1.807, 2.05) is 12.1 Å². The number of ether oxygens (including phenoxy) is 1. The highest BCUT2D eigenvalue weighted by Gasteiger charge is 2.31. The number of piperazine rings is 1. The van der Waals surface area contributed by atoms with Gasteiger partial charge in [-0.25, -0.2) is 4.90 Å². The number of benzene rings is 2. The number of unbranched alkanes of at least 4 members (excludes halogenated alkanes) is 19. The molecule has 0 radical (unpaired) electrons. The van der Waals surface area contributed by atoms with Crippen molar-refractivity contribution in [3.05, 3.63) is 60.2 Å². The van der Waals surface area contributed by atoms with Crippen molar-refractivity contribution in [2.45, 2.75) is 161 Å². The summed E-state index contributed by atoms with van der Waals surface area (Å²) in [6.45, 7) is 8.12. The van der Waals surface area contributed by atoms with Gasteiger partial charge >= 0.3 is 0 Å². The molecule has 0 aliphatic carbocycles. The number of fused-ring (bicyclic) bond motifs is 2. The van der Waals surface area contributed by atoms with Crippen molar-refractivity contribution in [2.24, 2.45) is 0 Å². The van der Waals surface area contributed by atoms with Gasteiger partial charge in [-0.15, -0.1) is 0 Å². The number of pyridine rings is 1. The Morgan fingerprint density at radius 2 is 1.24 bits per heavy atom. The van der Waals surface area contributed by atoms with Gasteiger partial charge in [-0.2, -0.15) is 4.98 Å². The van der Waals surface area contributed by atoms with Crippen LogP contribution in [0.5, 0.6) is 5.88 Å². The van der Waals surface area contributed by atoms with Crippen LogP contribution in [0.1, 0.15) is 160 Å². The average molecular weight is 753 g/mol. The van der Waals surface area contributed by atoms with Gasteiger partial charge in [-0.3, -0.25) is 14.5 Å². The lowest BCUT2D eigenvalue weighted by Crippen LogP contribution is -2.46. The van der Waals surface area contributed by atoms with E-state index in [1.54, 1.807) is 0 Å². The fourth-order valence-corrected chi connectivity index (χ4v) is 8.43. The predicted octanol–water partition coefficient (Wildman–Crippen LogP) is 11.8. The Hall–Kier alpha value is -3.45.